The van der Waals surface area contributed by atoms with Crippen molar-refractivity contribution < 1.29 is 19.0 Å². The number of hydrogen-bond donors (Lipinski definition) is 1. The predicted molar refractivity (Wildman–Crippen MR) is 89.4 cm³/mol. The van der Waals surface area contributed by atoms with E-state index in [0.29, 0.717) is 11.5 Å². The van der Waals surface area contributed by atoms with Crippen LogP contribution in [0, 0.1) is 10.1 Å². The molecular formula is C15H12N4O5S. The van der Waals surface area contributed by atoms with E-state index >= 15 is 0 Å². The van der Waals surface area contributed by atoms with E-state index in [1.807, 2.05) is 17.5 Å². The molecule has 0 atom stereocenters. The van der Waals surface area contributed by atoms with Crippen molar-refractivity contribution in [3.8, 4) is 10.7 Å². The molecule has 0 aliphatic heterocycles. The van der Waals surface area contributed by atoms with Gasteiger partial charge in [0.1, 0.15) is 0 Å². The van der Waals surface area contributed by atoms with E-state index in [0.717, 1.165) is 10.9 Å². The normalized spacial score (nSPS) is 10.4. The van der Waals surface area contributed by atoms with Crippen LogP contribution < -0.4 is 5.32 Å². The number of nitrogens with one attached hydrogen (secondary N) is 1. The van der Waals surface area contributed by atoms with Crippen LogP contribution in [0.5, 0.6) is 0 Å². The molecule has 1 aromatic carbocycles. The predicted octanol–water partition coefficient (Wildman–Crippen LogP) is 3.11. The zero-order valence-electron chi connectivity index (χ0n) is 13.0. The number of anilines is 1. The number of nitro benzene ring substituents is 1. The number of benzene rings is 1. The van der Waals surface area contributed by atoms with Crippen LogP contribution in [0.4, 0.5) is 11.4 Å². The molecule has 0 aliphatic carbocycles. The van der Waals surface area contributed by atoms with Crippen molar-refractivity contribution in [3.63, 3.8) is 0 Å². The first-order chi connectivity index (χ1) is 12.1. The summed E-state index contributed by atoms with van der Waals surface area (Å²) in [5.41, 5.74) is 0.263. The fourth-order valence-corrected chi connectivity index (χ4v) is 2.71. The lowest BCUT2D eigenvalue weighted by atomic mass is 10.1. The number of nitro groups is 1. The maximum Gasteiger partial charge on any atom is 0.341 e. The van der Waals surface area contributed by atoms with Crippen LogP contribution in [0.25, 0.3) is 10.7 Å². The standard InChI is InChI=1S/C15H12N4O5S/c1-16-11-5-4-9(19(21)22)7-10(11)15(20)23-8-13-17-14(18-24-13)12-3-2-6-25-12/h2-7,16H,8H2,1H3. The molecule has 0 aliphatic rings. The minimum absolute atomic E-state index is 0.0506. The highest BCUT2D eigenvalue weighted by Gasteiger charge is 2.19. The average molecular weight is 360 g/mol. The third-order valence-corrected chi connectivity index (χ3v) is 4.11. The number of esters is 1. The summed E-state index contributed by atoms with van der Waals surface area (Å²) in [6.07, 6.45) is 0. The number of non-ortho nitro benzene ring substituents is 1. The Morgan fingerprint density at radius 3 is 2.96 bits per heavy atom. The van der Waals surface area contributed by atoms with Crippen molar-refractivity contribution >= 4 is 28.7 Å². The van der Waals surface area contributed by atoms with E-state index in [-0.39, 0.29) is 23.7 Å². The molecule has 0 radical (unpaired) electrons. The molecule has 25 heavy (non-hydrogen) atoms. The number of carbonyl (C=O) groups is 1. The van der Waals surface area contributed by atoms with E-state index in [1.54, 1.807) is 7.05 Å². The molecule has 0 unspecified atom stereocenters. The van der Waals surface area contributed by atoms with Gasteiger partial charge in [-0.2, -0.15) is 4.98 Å². The minimum Gasteiger partial charge on any atom is -0.452 e. The molecule has 10 heteroatoms. The Bertz CT molecular complexity index is 907. The number of carbonyl (C=O) groups excluding carboxylic acids is 1. The fraction of sp³-hybridized carbons (Fsp3) is 0.133. The summed E-state index contributed by atoms with van der Waals surface area (Å²) in [7, 11) is 1.60. The Balaban J connectivity index is 1.72. The fourth-order valence-electron chi connectivity index (χ4n) is 2.06. The summed E-state index contributed by atoms with van der Waals surface area (Å²) in [6, 6.07) is 7.59. The second-order valence-electron chi connectivity index (χ2n) is 4.80. The quantitative estimate of drug-likeness (QED) is 0.404. The van der Waals surface area contributed by atoms with Gasteiger partial charge in [-0.25, -0.2) is 4.79 Å². The van der Waals surface area contributed by atoms with Gasteiger partial charge >= 0.3 is 5.97 Å². The van der Waals surface area contributed by atoms with Crippen molar-refractivity contribution in [2.24, 2.45) is 0 Å². The lowest BCUT2D eigenvalue weighted by Crippen LogP contribution is -2.09. The summed E-state index contributed by atoms with van der Waals surface area (Å²) in [5.74, 6) is -0.190. The summed E-state index contributed by atoms with van der Waals surface area (Å²) in [5, 5.41) is 19.4. The van der Waals surface area contributed by atoms with Crippen molar-refractivity contribution in [1.29, 1.82) is 0 Å². The van der Waals surface area contributed by atoms with Gasteiger partial charge in [0.25, 0.3) is 11.6 Å². The zero-order chi connectivity index (χ0) is 17.8. The van der Waals surface area contributed by atoms with Crippen molar-refractivity contribution in [2.45, 2.75) is 6.61 Å². The number of aromatic nitrogens is 2. The van der Waals surface area contributed by atoms with E-state index in [9.17, 15) is 14.9 Å². The molecule has 9 nitrogen and oxygen atoms in total. The van der Waals surface area contributed by atoms with Crippen molar-refractivity contribution in [3.05, 3.63) is 57.3 Å². The van der Waals surface area contributed by atoms with Crippen LogP contribution >= 0.6 is 11.3 Å². The van der Waals surface area contributed by atoms with Gasteiger partial charge in [0.05, 0.1) is 15.4 Å². The van der Waals surface area contributed by atoms with Crippen LogP contribution in [0.3, 0.4) is 0 Å². The Kier molecular flexibility index (Phi) is 4.70. The highest BCUT2D eigenvalue weighted by atomic mass is 32.1. The number of rotatable bonds is 6. The minimum atomic E-state index is -0.732. The SMILES string of the molecule is CNc1ccc([N+](=O)[O-])cc1C(=O)OCc1nc(-c2cccs2)no1. The highest BCUT2D eigenvalue weighted by Crippen LogP contribution is 2.24. The van der Waals surface area contributed by atoms with Crippen LogP contribution in [0.1, 0.15) is 16.2 Å². The summed E-state index contributed by atoms with van der Waals surface area (Å²) in [6.45, 7) is -0.233. The van der Waals surface area contributed by atoms with E-state index < -0.39 is 10.9 Å². The average Bonchev–Trinajstić information content (AvgIpc) is 3.30. The molecule has 2 aromatic heterocycles. The van der Waals surface area contributed by atoms with Crippen molar-refractivity contribution in [2.75, 3.05) is 12.4 Å². The molecular weight excluding hydrogens is 348 g/mol. The monoisotopic (exact) mass is 360 g/mol. The largest absolute Gasteiger partial charge is 0.452 e. The van der Waals surface area contributed by atoms with E-state index in [1.165, 1.54) is 23.5 Å². The molecule has 1 N–H and O–H groups in total. The zero-order valence-corrected chi connectivity index (χ0v) is 13.8. The number of hydrogen-bond acceptors (Lipinski definition) is 9. The maximum atomic E-state index is 12.2. The highest BCUT2D eigenvalue weighted by molar-refractivity contribution is 7.13. The summed E-state index contributed by atoms with van der Waals surface area (Å²) in [4.78, 5) is 27.5. The molecule has 0 spiro atoms. The lowest BCUT2D eigenvalue weighted by Gasteiger charge is -2.07. The summed E-state index contributed by atoms with van der Waals surface area (Å²) >= 11 is 1.45. The van der Waals surface area contributed by atoms with Gasteiger partial charge in [0.2, 0.25) is 5.82 Å². The lowest BCUT2D eigenvalue weighted by molar-refractivity contribution is -0.384. The smallest absolute Gasteiger partial charge is 0.341 e. The molecule has 0 fully saturated rings. The van der Waals surface area contributed by atoms with Gasteiger partial charge in [-0.05, 0) is 17.5 Å². The number of thiophene rings is 1. The number of ether oxygens (including phenoxy) is 1. The first-order valence-electron chi connectivity index (χ1n) is 7.08. The molecule has 0 saturated heterocycles. The van der Waals surface area contributed by atoms with Gasteiger partial charge < -0.3 is 14.6 Å². The van der Waals surface area contributed by atoms with Crippen LogP contribution in [-0.4, -0.2) is 28.1 Å². The van der Waals surface area contributed by atoms with Gasteiger partial charge in [0.15, 0.2) is 6.61 Å². The Morgan fingerprint density at radius 2 is 2.28 bits per heavy atom. The molecule has 0 bridgehead atoms. The van der Waals surface area contributed by atoms with Gasteiger partial charge in [-0.1, -0.05) is 11.2 Å². The molecule has 3 aromatic rings. The van der Waals surface area contributed by atoms with Crippen molar-refractivity contribution in [1.82, 2.24) is 10.1 Å². The van der Waals surface area contributed by atoms with E-state index in [2.05, 4.69) is 15.5 Å². The molecule has 0 saturated carbocycles. The van der Waals surface area contributed by atoms with E-state index in [4.69, 9.17) is 9.26 Å². The molecule has 3 rings (SSSR count). The Morgan fingerprint density at radius 1 is 1.44 bits per heavy atom. The molecule has 128 valence electrons. The second kappa shape index (κ2) is 7.09. The molecule has 2 heterocycles. The first kappa shape index (κ1) is 16.6. The van der Waals surface area contributed by atoms with Crippen LogP contribution in [0.2, 0.25) is 0 Å². The molecule has 0 amide bonds. The Hall–Kier alpha value is -3.27. The van der Waals surface area contributed by atoms with Gasteiger partial charge in [-0.15, -0.1) is 11.3 Å². The van der Waals surface area contributed by atoms with Gasteiger partial charge in [-0.3, -0.25) is 10.1 Å². The summed E-state index contributed by atoms with van der Waals surface area (Å²) < 4.78 is 10.2. The topological polar surface area (TPSA) is 120 Å². The van der Waals surface area contributed by atoms with Crippen LogP contribution in [-0.2, 0) is 11.3 Å². The van der Waals surface area contributed by atoms with Crippen LogP contribution in [0.15, 0.2) is 40.2 Å². The van der Waals surface area contributed by atoms with Gasteiger partial charge in [0, 0.05) is 24.9 Å². The first-order valence-corrected chi connectivity index (χ1v) is 7.96. The Labute approximate surface area is 145 Å². The second-order valence-corrected chi connectivity index (χ2v) is 5.75. The maximum absolute atomic E-state index is 12.2. The number of nitrogens with zero attached hydrogens (tertiary/aromatic N) is 3. The third kappa shape index (κ3) is 3.63. The third-order valence-electron chi connectivity index (χ3n) is 3.24.